The molecule has 0 bridgehead atoms. The third-order valence-corrected chi connectivity index (χ3v) is 5.92. The molecular formula is C18H24N4O2S. The van der Waals surface area contributed by atoms with Gasteiger partial charge in [-0.1, -0.05) is 25.2 Å². The first-order chi connectivity index (χ1) is 11.9. The molecule has 6 nitrogen and oxygen atoms in total. The molecule has 1 aliphatic heterocycles. The maximum atomic E-state index is 10.8. The number of aromatic hydroxyl groups is 1. The molecule has 0 radical (unpaired) electrons. The van der Waals surface area contributed by atoms with Crippen LogP contribution in [0, 0.1) is 25.7 Å². The molecule has 0 unspecified atom stereocenters. The van der Waals surface area contributed by atoms with E-state index in [9.17, 15) is 5.11 Å². The summed E-state index contributed by atoms with van der Waals surface area (Å²) in [5.41, 5.74) is 0. The average Bonchev–Trinajstić information content (AvgIpc) is 3.17. The van der Waals surface area contributed by atoms with Crippen LogP contribution in [0.5, 0.6) is 5.88 Å². The van der Waals surface area contributed by atoms with Crippen LogP contribution >= 0.6 is 11.3 Å². The van der Waals surface area contributed by atoms with E-state index in [0.717, 1.165) is 34.4 Å². The van der Waals surface area contributed by atoms with E-state index in [2.05, 4.69) is 28.8 Å². The SMILES string of the molecule is Cc1nc2sc([C@H](c3ccc(C)o3)N3C[C@H](C)C[C@H](C)C3)c(O)n2n1. The lowest BCUT2D eigenvalue weighted by molar-refractivity contribution is 0.101. The van der Waals surface area contributed by atoms with Crippen molar-refractivity contribution in [3.8, 4) is 5.88 Å². The minimum absolute atomic E-state index is 0.104. The second kappa shape index (κ2) is 6.14. The minimum atomic E-state index is -0.104. The Hall–Kier alpha value is -1.86. The van der Waals surface area contributed by atoms with E-state index >= 15 is 0 Å². The van der Waals surface area contributed by atoms with Crippen LogP contribution in [0.2, 0.25) is 0 Å². The number of aryl methyl sites for hydroxylation is 2. The van der Waals surface area contributed by atoms with Crippen LogP contribution in [0.25, 0.3) is 4.96 Å². The van der Waals surface area contributed by atoms with Gasteiger partial charge in [-0.2, -0.15) is 4.52 Å². The molecule has 3 atom stereocenters. The fourth-order valence-corrected chi connectivity index (χ4v) is 5.17. The molecule has 1 fully saturated rings. The Balaban J connectivity index is 1.81. The third-order valence-electron chi connectivity index (χ3n) is 4.85. The number of fused-ring (bicyclic) bond motifs is 1. The molecule has 0 spiro atoms. The molecule has 4 rings (SSSR count). The highest BCUT2D eigenvalue weighted by Gasteiger charge is 2.35. The zero-order valence-corrected chi connectivity index (χ0v) is 15.9. The van der Waals surface area contributed by atoms with E-state index in [1.54, 1.807) is 0 Å². The molecular weight excluding hydrogens is 336 g/mol. The Morgan fingerprint density at radius 3 is 2.56 bits per heavy atom. The van der Waals surface area contributed by atoms with Crippen molar-refractivity contribution in [3.63, 3.8) is 0 Å². The van der Waals surface area contributed by atoms with Gasteiger partial charge in [0.25, 0.3) is 0 Å². The molecule has 3 aromatic heterocycles. The summed E-state index contributed by atoms with van der Waals surface area (Å²) in [4.78, 5) is 8.41. The molecule has 0 saturated carbocycles. The van der Waals surface area contributed by atoms with Gasteiger partial charge in [0.15, 0.2) is 0 Å². The van der Waals surface area contributed by atoms with Gasteiger partial charge >= 0.3 is 0 Å². The Bertz CT molecular complexity index is 886. The lowest BCUT2D eigenvalue weighted by Gasteiger charge is -2.38. The van der Waals surface area contributed by atoms with E-state index in [1.165, 1.54) is 22.3 Å². The van der Waals surface area contributed by atoms with Gasteiger partial charge in [0, 0.05) is 13.1 Å². The van der Waals surface area contributed by atoms with E-state index in [-0.39, 0.29) is 11.9 Å². The van der Waals surface area contributed by atoms with Crippen LogP contribution in [0.15, 0.2) is 16.5 Å². The fraction of sp³-hybridized carbons (Fsp3) is 0.556. The summed E-state index contributed by atoms with van der Waals surface area (Å²) >= 11 is 1.49. The van der Waals surface area contributed by atoms with Crippen molar-refractivity contribution < 1.29 is 9.52 Å². The summed E-state index contributed by atoms with van der Waals surface area (Å²) in [5.74, 6) is 3.83. The molecule has 1 aliphatic rings. The number of piperidine rings is 1. The van der Waals surface area contributed by atoms with Gasteiger partial charge < -0.3 is 9.52 Å². The standard InChI is InChI=1S/C18H24N4O2S/c1-10-7-11(2)9-21(8-10)15(14-6-5-12(3)24-14)16-17(23)22-18(25-16)19-13(4)20-22/h5-6,10-11,15,23H,7-9H2,1-4H3/t10-,11+,15-/m0/s1. The topological polar surface area (TPSA) is 66.8 Å². The Morgan fingerprint density at radius 2 is 1.96 bits per heavy atom. The van der Waals surface area contributed by atoms with E-state index < -0.39 is 0 Å². The van der Waals surface area contributed by atoms with Crippen LogP contribution in [-0.4, -0.2) is 37.7 Å². The number of hydrogen-bond donors (Lipinski definition) is 1. The van der Waals surface area contributed by atoms with Gasteiger partial charge in [0.2, 0.25) is 10.8 Å². The highest BCUT2D eigenvalue weighted by Crippen LogP contribution is 2.42. The summed E-state index contributed by atoms with van der Waals surface area (Å²) in [7, 11) is 0. The van der Waals surface area contributed by atoms with Crippen LogP contribution in [0.1, 0.15) is 48.5 Å². The highest BCUT2D eigenvalue weighted by atomic mass is 32.1. The molecule has 7 heteroatoms. The maximum absolute atomic E-state index is 10.8. The zero-order chi connectivity index (χ0) is 17.7. The first-order valence-electron chi connectivity index (χ1n) is 8.77. The van der Waals surface area contributed by atoms with Gasteiger partial charge in [-0.3, -0.25) is 4.90 Å². The predicted molar refractivity (Wildman–Crippen MR) is 97.1 cm³/mol. The van der Waals surface area contributed by atoms with Crippen molar-refractivity contribution in [2.45, 2.75) is 40.2 Å². The van der Waals surface area contributed by atoms with Crippen molar-refractivity contribution >= 4 is 16.3 Å². The number of rotatable bonds is 3. The molecule has 3 aromatic rings. The summed E-state index contributed by atoms with van der Waals surface area (Å²) in [6, 6.07) is 3.90. The quantitative estimate of drug-likeness (QED) is 0.770. The molecule has 25 heavy (non-hydrogen) atoms. The highest BCUT2D eigenvalue weighted by molar-refractivity contribution is 7.17. The number of nitrogens with zero attached hydrogens (tertiary/aromatic N) is 4. The number of aromatic nitrogens is 3. The first kappa shape index (κ1) is 16.6. The summed E-state index contributed by atoms with van der Waals surface area (Å²) in [6.45, 7) is 10.3. The van der Waals surface area contributed by atoms with Gasteiger partial charge in [0.1, 0.15) is 23.4 Å². The van der Waals surface area contributed by atoms with Crippen LogP contribution in [0.3, 0.4) is 0 Å². The zero-order valence-electron chi connectivity index (χ0n) is 15.1. The van der Waals surface area contributed by atoms with Gasteiger partial charge in [-0.05, 0) is 44.2 Å². The second-order valence-electron chi connectivity index (χ2n) is 7.39. The van der Waals surface area contributed by atoms with Crippen molar-refractivity contribution in [2.75, 3.05) is 13.1 Å². The van der Waals surface area contributed by atoms with E-state index in [1.807, 2.05) is 26.0 Å². The summed E-state index contributed by atoms with van der Waals surface area (Å²) < 4.78 is 7.52. The third kappa shape index (κ3) is 2.95. The number of hydrogen-bond acceptors (Lipinski definition) is 6. The van der Waals surface area contributed by atoms with Crippen molar-refractivity contribution in [1.29, 1.82) is 0 Å². The molecule has 0 aliphatic carbocycles. The monoisotopic (exact) mass is 360 g/mol. The number of likely N-dealkylation sites (tertiary alicyclic amines) is 1. The Morgan fingerprint density at radius 1 is 1.24 bits per heavy atom. The molecule has 4 heterocycles. The largest absolute Gasteiger partial charge is 0.492 e. The van der Waals surface area contributed by atoms with Crippen LogP contribution < -0.4 is 0 Å². The van der Waals surface area contributed by atoms with Gasteiger partial charge in [-0.15, -0.1) is 5.10 Å². The smallest absolute Gasteiger partial charge is 0.230 e. The normalized spacial score (nSPS) is 23.4. The van der Waals surface area contributed by atoms with Gasteiger partial charge in [0.05, 0.1) is 4.88 Å². The Labute approximate surface area is 151 Å². The van der Waals surface area contributed by atoms with Crippen molar-refractivity contribution in [3.05, 3.63) is 34.4 Å². The molecule has 134 valence electrons. The number of thiazole rings is 1. The fourth-order valence-electron chi connectivity index (χ4n) is 4.02. The lowest BCUT2D eigenvalue weighted by Crippen LogP contribution is -2.41. The minimum Gasteiger partial charge on any atom is -0.492 e. The molecule has 0 amide bonds. The second-order valence-corrected chi connectivity index (χ2v) is 8.40. The first-order valence-corrected chi connectivity index (χ1v) is 9.59. The van der Waals surface area contributed by atoms with Crippen LogP contribution in [0.4, 0.5) is 0 Å². The lowest BCUT2D eigenvalue weighted by atomic mass is 9.90. The molecule has 0 aromatic carbocycles. The molecule has 1 N–H and O–H groups in total. The van der Waals surface area contributed by atoms with E-state index in [4.69, 9.17) is 4.42 Å². The predicted octanol–water partition coefficient (Wildman–Crippen LogP) is 3.77. The van der Waals surface area contributed by atoms with Gasteiger partial charge in [-0.25, -0.2) is 4.98 Å². The number of furan rings is 1. The Kier molecular flexibility index (Phi) is 4.08. The average molecular weight is 360 g/mol. The summed E-state index contributed by atoms with van der Waals surface area (Å²) in [6.07, 6.45) is 1.24. The van der Waals surface area contributed by atoms with Crippen LogP contribution in [-0.2, 0) is 0 Å². The van der Waals surface area contributed by atoms with E-state index in [0.29, 0.717) is 17.7 Å². The summed E-state index contributed by atoms with van der Waals surface area (Å²) in [5, 5.41) is 15.1. The van der Waals surface area contributed by atoms with Crippen molar-refractivity contribution in [2.24, 2.45) is 11.8 Å². The van der Waals surface area contributed by atoms with Crippen molar-refractivity contribution in [1.82, 2.24) is 19.5 Å². The molecule has 1 saturated heterocycles. The maximum Gasteiger partial charge on any atom is 0.230 e.